The lowest BCUT2D eigenvalue weighted by Gasteiger charge is -2.41. The molecule has 232 valence electrons. The molecule has 1 aliphatic heterocycles. The standard InChI is InChI=1S/C42H30Cl2N4/c43-35-27-15-13-25-33(35)42(34-26-14-16-28-36(34)44)47-39(31-21-9-3-10-22-31)40(32-23-11-4-12-24-32)48(42)41-45-37(29-17-5-1-6-18-29)38(46-41)30-19-7-2-8-20-30/h1-28,47H,(H,45,46). The Morgan fingerprint density at radius 3 is 1.44 bits per heavy atom. The third-order valence-electron chi connectivity index (χ3n) is 8.75. The van der Waals surface area contributed by atoms with Gasteiger partial charge in [0.1, 0.15) is 0 Å². The predicted octanol–water partition coefficient (Wildman–Crippen LogP) is 10.9. The van der Waals surface area contributed by atoms with Crippen LogP contribution in [0.1, 0.15) is 22.3 Å². The number of aromatic amines is 1. The highest BCUT2D eigenvalue weighted by molar-refractivity contribution is 6.32. The van der Waals surface area contributed by atoms with E-state index in [1.165, 1.54) is 0 Å². The molecule has 0 atom stereocenters. The second kappa shape index (κ2) is 12.6. The summed E-state index contributed by atoms with van der Waals surface area (Å²) < 4.78 is 0. The number of H-pyrrole nitrogens is 1. The topological polar surface area (TPSA) is 44.0 Å². The van der Waals surface area contributed by atoms with Gasteiger partial charge in [-0.05, 0) is 17.7 Å². The zero-order chi connectivity index (χ0) is 32.5. The Morgan fingerprint density at radius 2 is 0.917 bits per heavy atom. The molecule has 0 bridgehead atoms. The first kappa shape index (κ1) is 29.8. The number of imidazole rings is 1. The Hall–Kier alpha value is -5.55. The summed E-state index contributed by atoms with van der Waals surface area (Å²) in [7, 11) is 0. The molecule has 8 rings (SSSR count). The zero-order valence-corrected chi connectivity index (χ0v) is 27.3. The third kappa shape index (κ3) is 5.07. The van der Waals surface area contributed by atoms with Crippen molar-refractivity contribution in [2.75, 3.05) is 4.90 Å². The molecular weight excluding hydrogens is 631 g/mol. The lowest BCUT2D eigenvalue weighted by atomic mass is 9.89. The van der Waals surface area contributed by atoms with Gasteiger partial charge in [-0.1, -0.05) is 181 Å². The Kier molecular flexibility index (Phi) is 7.81. The van der Waals surface area contributed by atoms with Crippen molar-refractivity contribution in [2.45, 2.75) is 5.66 Å². The van der Waals surface area contributed by atoms with E-state index in [2.05, 4.69) is 100 Å². The van der Waals surface area contributed by atoms with Crippen LogP contribution in [0.2, 0.25) is 10.0 Å². The lowest BCUT2D eigenvalue weighted by molar-refractivity contribution is 0.496. The van der Waals surface area contributed by atoms with Crippen LogP contribution in [0.3, 0.4) is 0 Å². The number of aromatic nitrogens is 2. The van der Waals surface area contributed by atoms with Crippen molar-refractivity contribution >= 4 is 40.5 Å². The molecule has 1 aromatic heterocycles. The molecule has 2 heterocycles. The molecular formula is C42H30Cl2N4. The van der Waals surface area contributed by atoms with Crippen molar-refractivity contribution in [1.82, 2.24) is 15.3 Å². The van der Waals surface area contributed by atoms with Gasteiger partial charge in [0.05, 0.1) is 22.8 Å². The van der Waals surface area contributed by atoms with Crippen LogP contribution < -0.4 is 10.2 Å². The van der Waals surface area contributed by atoms with Gasteiger partial charge in [0.15, 0.2) is 5.66 Å². The fourth-order valence-electron chi connectivity index (χ4n) is 6.64. The van der Waals surface area contributed by atoms with E-state index in [-0.39, 0.29) is 0 Å². The second-order valence-electron chi connectivity index (χ2n) is 11.6. The maximum atomic E-state index is 7.21. The fraction of sp³-hybridized carbons (Fsp3) is 0.0238. The number of rotatable bonds is 7. The van der Waals surface area contributed by atoms with Gasteiger partial charge in [0.2, 0.25) is 5.95 Å². The number of halogens is 2. The van der Waals surface area contributed by atoms with Crippen LogP contribution in [0.25, 0.3) is 33.9 Å². The molecule has 2 N–H and O–H groups in total. The maximum absolute atomic E-state index is 7.21. The van der Waals surface area contributed by atoms with Gasteiger partial charge in [-0.2, -0.15) is 0 Å². The fourth-order valence-corrected chi connectivity index (χ4v) is 7.18. The van der Waals surface area contributed by atoms with Crippen molar-refractivity contribution in [2.24, 2.45) is 0 Å². The zero-order valence-electron chi connectivity index (χ0n) is 25.8. The molecule has 0 amide bonds. The minimum atomic E-state index is -1.12. The van der Waals surface area contributed by atoms with Crippen LogP contribution in [0, 0.1) is 0 Å². The molecule has 6 aromatic carbocycles. The van der Waals surface area contributed by atoms with Crippen LogP contribution in [-0.4, -0.2) is 9.97 Å². The van der Waals surface area contributed by atoms with Gasteiger partial charge in [0.25, 0.3) is 0 Å². The van der Waals surface area contributed by atoms with Gasteiger partial charge in [0, 0.05) is 37.9 Å². The first-order valence-corrected chi connectivity index (χ1v) is 16.5. The van der Waals surface area contributed by atoms with Crippen LogP contribution >= 0.6 is 23.2 Å². The van der Waals surface area contributed by atoms with Crippen molar-refractivity contribution in [3.8, 4) is 22.5 Å². The van der Waals surface area contributed by atoms with Crippen molar-refractivity contribution in [3.05, 3.63) is 202 Å². The van der Waals surface area contributed by atoms with Crippen LogP contribution in [0.15, 0.2) is 170 Å². The Morgan fingerprint density at radius 1 is 0.479 bits per heavy atom. The molecule has 0 unspecified atom stereocenters. The highest BCUT2D eigenvalue weighted by Crippen LogP contribution is 2.53. The maximum Gasteiger partial charge on any atom is 0.211 e. The average molecular weight is 662 g/mol. The van der Waals surface area contributed by atoms with Gasteiger partial charge in [-0.25, -0.2) is 4.98 Å². The number of hydrogen-bond acceptors (Lipinski definition) is 3. The lowest BCUT2D eigenvalue weighted by Crippen LogP contribution is -2.51. The second-order valence-corrected chi connectivity index (χ2v) is 12.4. The minimum Gasteiger partial charge on any atom is -0.352 e. The average Bonchev–Trinajstić information content (AvgIpc) is 3.74. The molecule has 0 radical (unpaired) electrons. The monoisotopic (exact) mass is 660 g/mol. The van der Waals surface area contributed by atoms with Gasteiger partial charge in [-0.3, -0.25) is 4.90 Å². The largest absolute Gasteiger partial charge is 0.352 e. The third-order valence-corrected chi connectivity index (χ3v) is 9.41. The summed E-state index contributed by atoms with van der Waals surface area (Å²) in [6.07, 6.45) is 0. The minimum absolute atomic E-state index is 0.592. The molecule has 7 aromatic rings. The number of nitrogens with zero attached hydrogens (tertiary/aromatic N) is 2. The van der Waals surface area contributed by atoms with Gasteiger partial charge in [-0.15, -0.1) is 0 Å². The number of anilines is 1. The highest BCUT2D eigenvalue weighted by Gasteiger charge is 2.52. The normalized spacial score (nSPS) is 13.8. The first-order valence-electron chi connectivity index (χ1n) is 15.8. The van der Waals surface area contributed by atoms with E-state index >= 15 is 0 Å². The number of nitrogens with one attached hydrogen (secondary N) is 2. The first-order chi connectivity index (χ1) is 23.6. The summed E-state index contributed by atoms with van der Waals surface area (Å²) in [5.41, 5.74) is 8.18. The van der Waals surface area contributed by atoms with Crippen molar-refractivity contribution in [1.29, 1.82) is 0 Å². The SMILES string of the molecule is Clc1ccccc1C1(c2ccccc2Cl)NC(c2ccccc2)=C(c2ccccc2)N1c1nc(-c2ccccc2)c(-c2ccccc2)[nH]1. The highest BCUT2D eigenvalue weighted by atomic mass is 35.5. The van der Waals surface area contributed by atoms with Crippen LogP contribution in [-0.2, 0) is 5.66 Å². The predicted molar refractivity (Wildman–Crippen MR) is 198 cm³/mol. The molecule has 48 heavy (non-hydrogen) atoms. The summed E-state index contributed by atoms with van der Waals surface area (Å²) in [5, 5.41) is 5.20. The molecule has 1 aliphatic rings. The number of hydrogen-bond donors (Lipinski definition) is 2. The van der Waals surface area contributed by atoms with Crippen LogP contribution in [0.5, 0.6) is 0 Å². The number of benzene rings is 6. The van der Waals surface area contributed by atoms with E-state index in [0.717, 1.165) is 56.2 Å². The Bertz CT molecular complexity index is 2130. The molecule has 4 nitrogen and oxygen atoms in total. The summed E-state index contributed by atoms with van der Waals surface area (Å²) >= 11 is 14.4. The van der Waals surface area contributed by atoms with E-state index in [4.69, 9.17) is 28.2 Å². The van der Waals surface area contributed by atoms with E-state index in [9.17, 15) is 0 Å². The van der Waals surface area contributed by atoms with Gasteiger partial charge < -0.3 is 10.3 Å². The summed E-state index contributed by atoms with van der Waals surface area (Å²) in [6.45, 7) is 0. The quantitative estimate of drug-likeness (QED) is 0.179. The molecule has 0 aliphatic carbocycles. The molecule has 0 fully saturated rings. The van der Waals surface area contributed by atoms with Gasteiger partial charge >= 0.3 is 0 Å². The van der Waals surface area contributed by atoms with E-state index in [0.29, 0.717) is 16.0 Å². The molecule has 6 heteroatoms. The molecule has 0 spiro atoms. The smallest absolute Gasteiger partial charge is 0.211 e. The Labute approximate surface area is 290 Å². The summed E-state index contributed by atoms with van der Waals surface area (Å²) in [4.78, 5) is 11.5. The van der Waals surface area contributed by atoms with E-state index in [1.54, 1.807) is 0 Å². The van der Waals surface area contributed by atoms with Crippen molar-refractivity contribution in [3.63, 3.8) is 0 Å². The van der Waals surface area contributed by atoms with Crippen LogP contribution in [0.4, 0.5) is 5.95 Å². The van der Waals surface area contributed by atoms with E-state index < -0.39 is 5.66 Å². The summed E-state index contributed by atoms with van der Waals surface area (Å²) in [6, 6.07) is 57.2. The molecule has 0 saturated heterocycles. The Balaban J connectivity index is 1.52. The molecule has 0 saturated carbocycles. The summed E-state index contributed by atoms with van der Waals surface area (Å²) in [5.74, 6) is 0.629. The van der Waals surface area contributed by atoms with Crippen molar-refractivity contribution < 1.29 is 0 Å². The van der Waals surface area contributed by atoms with E-state index in [1.807, 2.05) is 84.9 Å².